The van der Waals surface area contributed by atoms with Crippen molar-refractivity contribution < 1.29 is 0 Å². The van der Waals surface area contributed by atoms with Gasteiger partial charge in [0, 0.05) is 22.2 Å². The van der Waals surface area contributed by atoms with Crippen LogP contribution < -0.4 is 0 Å². The van der Waals surface area contributed by atoms with E-state index < -0.39 is 0 Å². The van der Waals surface area contributed by atoms with Gasteiger partial charge in [-0.1, -0.05) is 15.9 Å². The van der Waals surface area contributed by atoms with Crippen LogP contribution in [0.25, 0.3) is 0 Å². The van der Waals surface area contributed by atoms with E-state index in [4.69, 9.17) is 0 Å². The number of hydrogen-bond acceptors (Lipinski definition) is 1. The van der Waals surface area contributed by atoms with Gasteiger partial charge in [0.05, 0.1) is 0 Å². The minimum absolute atomic E-state index is 0. The average Bonchev–Trinajstić information content (AvgIpc) is 1.89. The SMILES string of the molecule is Br.BrCc1ccncc1Br. The van der Waals surface area contributed by atoms with Gasteiger partial charge in [-0.2, -0.15) is 0 Å². The van der Waals surface area contributed by atoms with Gasteiger partial charge < -0.3 is 0 Å². The van der Waals surface area contributed by atoms with E-state index in [1.807, 2.05) is 6.07 Å². The molecule has 0 fully saturated rings. The molecule has 1 aromatic rings. The molecule has 0 atom stereocenters. The van der Waals surface area contributed by atoms with Crippen LogP contribution in [0.5, 0.6) is 0 Å². The van der Waals surface area contributed by atoms with Crippen LogP contribution in [0.4, 0.5) is 0 Å². The van der Waals surface area contributed by atoms with Crippen molar-refractivity contribution >= 4 is 48.8 Å². The van der Waals surface area contributed by atoms with Crippen molar-refractivity contribution in [2.45, 2.75) is 5.33 Å². The fraction of sp³-hybridized carbons (Fsp3) is 0.167. The Morgan fingerprint density at radius 1 is 1.50 bits per heavy atom. The number of alkyl halides is 1. The molecule has 0 saturated carbocycles. The van der Waals surface area contributed by atoms with E-state index >= 15 is 0 Å². The molecule has 10 heavy (non-hydrogen) atoms. The molecule has 0 aliphatic rings. The highest BCUT2D eigenvalue weighted by Crippen LogP contribution is 2.16. The predicted molar refractivity (Wildman–Crippen MR) is 54.9 cm³/mol. The van der Waals surface area contributed by atoms with Crippen LogP contribution >= 0.6 is 48.8 Å². The Morgan fingerprint density at radius 2 is 2.20 bits per heavy atom. The summed E-state index contributed by atoms with van der Waals surface area (Å²) < 4.78 is 1.06. The van der Waals surface area contributed by atoms with Gasteiger partial charge in [0.25, 0.3) is 0 Å². The van der Waals surface area contributed by atoms with Crippen molar-refractivity contribution in [3.8, 4) is 0 Å². The second-order valence-corrected chi connectivity index (χ2v) is 3.02. The molecular weight excluding hydrogens is 326 g/mol. The fourth-order valence-corrected chi connectivity index (χ4v) is 1.77. The summed E-state index contributed by atoms with van der Waals surface area (Å²) in [5.41, 5.74) is 1.23. The lowest BCUT2D eigenvalue weighted by Crippen LogP contribution is -1.79. The van der Waals surface area contributed by atoms with Crippen LogP contribution in [0.15, 0.2) is 22.9 Å². The lowest BCUT2D eigenvalue weighted by Gasteiger charge is -1.94. The molecule has 0 saturated heterocycles. The van der Waals surface area contributed by atoms with Gasteiger partial charge in [-0.25, -0.2) is 0 Å². The topological polar surface area (TPSA) is 12.9 Å². The van der Waals surface area contributed by atoms with Gasteiger partial charge in [-0.05, 0) is 27.6 Å². The third kappa shape index (κ3) is 2.68. The summed E-state index contributed by atoms with van der Waals surface area (Å²) >= 11 is 6.71. The smallest absolute Gasteiger partial charge is 0.0413 e. The zero-order chi connectivity index (χ0) is 6.69. The monoisotopic (exact) mass is 329 g/mol. The summed E-state index contributed by atoms with van der Waals surface area (Å²) in [6, 6.07) is 1.97. The number of rotatable bonds is 1. The lowest BCUT2D eigenvalue weighted by atomic mass is 10.3. The molecule has 0 amide bonds. The molecular formula is C6H6Br3N. The number of halogens is 3. The van der Waals surface area contributed by atoms with Crippen LogP contribution in [-0.4, -0.2) is 4.98 Å². The van der Waals surface area contributed by atoms with E-state index in [9.17, 15) is 0 Å². The Bertz CT molecular complexity index is 202. The Balaban J connectivity index is 0.000000810. The zero-order valence-corrected chi connectivity index (χ0v) is 9.94. The van der Waals surface area contributed by atoms with Crippen LogP contribution in [0, 0.1) is 0 Å². The molecule has 0 aliphatic carbocycles. The first-order valence-electron chi connectivity index (χ1n) is 2.49. The number of aromatic nitrogens is 1. The van der Waals surface area contributed by atoms with E-state index in [0.29, 0.717) is 0 Å². The van der Waals surface area contributed by atoms with Crippen LogP contribution in [0.2, 0.25) is 0 Å². The van der Waals surface area contributed by atoms with Gasteiger partial charge in [0.15, 0.2) is 0 Å². The predicted octanol–water partition coefficient (Wildman–Crippen LogP) is 3.32. The second kappa shape index (κ2) is 5.27. The van der Waals surface area contributed by atoms with Crippen molar-refractivity contribution in [3.63, 3.8) is 0 Å². The van der Waals surface area contributed by atoms with Crippen molar-refractivity contribution in [1.29, 1.82) is 0 Å². The molecule has 0 radical (unpaired) electrons. The van der Waals surface area contributed by atoms with Crippen molar-refractivity contribution in [2.75, 3.05) is 0 Å². The highest BCUT2D eigenvalue weighted by atomic mass is 79.9. The van der Waals surface area contributed by atoms with Gasteiger partial charge in [0.1, 0.15) is 0 Å². The van der Waals surface area contributed by atoms with Crippen molar-refractivity contribution in [1.82, 2.24) is 4.98 Å². The molecule has 1 heterocycles. The summed E-state index contributed by atoms with van der Waals surface area (Å²) in [5.74, 6) is 0. The molecule has 4 heteroatoms. The fourth-order valence-electron chi connectivity index (χ4n) is 0.512. The van der Waals surface area contributed by atoms with E-state index in [2.05, 4.69) is 36.8 Å². The molecule has 1 aromatic heterocycles. The maximum absolute atomic E-state index is 3.93. The quantitative estimate of drug-likeness (QED) is 0.719. The summed E-state index contributed by atoms with van der Waals surface area (Å²) in [7, 11) is 0. The normalized spacial score (nSPS) is 8.60. The van der Waals surface area contributed by atoms with Gasteiger partial charge in [-0.3, -0.25) is 4.98 Å². The number of pyridine rings is 1. The molecule has 56 valence electrons. The van der Waals surface area contributed by atoms with Gasteiger partial charge >= 0.3 is 0 Å². The maximum Gasteiger partial charge on any atom is 0.0413 e. The molecule has 1 rings (SSSR count). The van der Waals surface area contributed by atoms with Gasteiger partial charge in [0.2, 0.25) is 0 Å². The Kier molecular flexibility index (Phi) is 5.58. The van der Waals surface area contributed by atoms with Gasteiger partial charge in [-0.15, -0.1) is 17.0 Å². The Hall–Kier alpha value is 0.590. The second-order valence-electron chi connectivity index (χ2n) is 1.60. The van der Waals surface area contributed by atoms with E-state index in [1.165, 1.54) is 5.56 Å². The third-order valence-corrected chi connectivity index (χ3v) is 2.32. The lowest BCUT2D eigenvalue weighted by molar-refractivity contribution is 1.25. The largest absolute Gasteiger partial charge is 0.264 e. The highest BCUT2D eigenvalue weighted by molar-refractivity contribution is 9.10. The molecule has 0 unspecified atom stereocenters. The summed E-state index contributed by atoms with van der Waals surface area (Å²) in [4.78, 5) is 3.93. The first-order chi connectivity index (χ1) is 4.34. The van der Waals surface area contributed by atoms with Crippen molar-refractivity contribution in [3.05, 3.63) is 28.5 Å². The van der Waals surface area contributed by atoms with E-state index in [1.54, 1.807) is 12.4 Å². The molecule has 0 aromatic carbocycles. The number of nitrogens with zero attached hydrogens (tertiary/aromatic N) is 1. The maximum atomic E-state index is 3.93. The standard InChI is InChI=1S/C6H5Br2N.BrH/c7-3-5-1-2-9-4-6(5)8;/h1-2,4H,3H2;1H. The molecule has 1 nitrogen and oxygen atoms in total. The average molecular weight is 332 g/mol. The highest BCUT2D eigenvalue weighted by Gasteiger charge is 1.93. The summed E-state index contributed by atoms with van der Waals surface area (Å²) in [6.45, 7) is 0. The Morgan fingerprint density at radius 3 is 2.60 bits per heavy atom. The van der Waals surface area contributed by atoms with Crippen LogP contribution in [0.1, 0.15) is 5.56 Å². The first-order valence-corrected chi connectivity index (χ1v) is 4.40. The molecule has 0 bridgehead atoms. The molecule has 0 N–H and O–H groups in total. The minimum Gasteiger partial charge on any atom is -0.264 e. The van der Waals surface area contributed by atoms with E-state index in [-0.39, 0.29) is 17.0 Å². The minimum atomic E-state index is 0. The zero-order valence-electron chi connectivity index (χ0n) is 5.05. The first kappa shape index (κ1) is 10.6. The molecule has 0 spiro atoms. The van der Waals surface area contributed by atoms with Crippen LogP contribution in [0.3, 0.4) is 0 Å². The summed E-state index contributed by atoms with van der Waals surface area (Å²) in [5, 5.41) is 0.871. The van der Waals surface area contributed by atoms with E-state index in [0.717, 1.165) is 9.80 Å². The number of hydrogen-bond donors (Lipinski definition) is 0. The summed E-state index contributed by atoms with van der Waals surface area (Å²) in [6.07, 6.45) is 3.57. The van der Waals surface area contributed by atoms with Crippen LogP contribution in [-0.2, 0) is 5.33 Å². The Labute approximate surface area is 87.3 Å². The molecule has 0 aliphatic heterocycles. The third-order valence-electron chi connectivity index (χ3n) is 1.00. The van der Waals surface area contributed by atoms with Crippen molar-refractivity contribution in [2.24, 2.45) is 0 Å².